The summed E-state index contributed by atoms with van der Waals surface area (Å²) in [7, 11) is 2.15. The lowest BCUT2D eigenvalue weighted by Crippen LogP contribution is -2.34. The highest BCUT2D eigenvalue weighted by Crippen LogP contribution is 2.49. The van der Waals surface area contributed by atoms with Gasteiger partial charge >= 0.3 is 0 Å². The van der Waals surface area contributed by atoms with E-state index in [0.717, 1.165) is 11.2 Å². The first-order chi connectivity index (χ1) is 17.3. The van der Waals surface area contributed by atoms with Crippen molar-refractivity contribution in [2.75, 3.05) is 0 Å². The molecule has 2 nitrogen and oxygen atoms in total. The van der Waals surface area contributed by atoms with Crippen molar-refractivity contribution in [1.29, 1.82) is 0 Å². The van der Waals surface area contributed by atoms with Crippen LogP contribution in [0.25, 0.3) is 44.0 Å². The van der Waals surface area contributed by atoms with Crippen LogP contribution in [0.5, 0.6) is 0 Å². The Morgan fingerprint density at radius 3 is 2.24 bits per heavy atom. The van der Waals surface area contributed by atoms with Crippen LogP contribution in [-0.4, -0.2) is 0 Å². The molecule has 37 heavy (non-hydrogen) atoms. The number of fused-ring (bicyclic) bond motifs is 6. The first-order valence-corrected chi connectivity index (χ1v) is 13.7. The van der Waals surface area contributed by atoms with Gasteiger partial charge in [-0.3, -0.25) is 0 Å². The van der Waals surface area contributed by atoms with Gasteiger partial charge in [0.2, 0.25) is 5.69 Å². The molecule has 0 saturated heterocycles. The molecule has 6 rings (SSSR count). The number of hydrogen-bond acceptors (Lipinski definition) is 1. The molecule has 2 aromatic heterocycles. The zero-order chi connectivity index (χ0) is 26.5. The van der Waals surface area contributed by atoms with Gasteiger partial charge in [0, 0.05) is 22.4 Å². The minimum Gasteiger partial charge on any atom is -0.455 e. The van der Waals surface area contributed by atoms with Crippen molar-refractivity contribution < 1.29 is 8.98 Å². The van der Waals surface area contributed by atoms with Crippen molar-refractivity contribution in [2.45, 2.75) is 84.5 Å². The molecule has 5 aromatic rings. The van der Waals surface area contributed by atoms with Crippen LogP contribution in [0.2, 0.25) is 0 Å². The molecule has 2 heterocycles. The van der Waals surface area contributed by atoms with E-state index in [9.17, 15) is 0 Å². The third-order valence-corrected chi connectivity index (χ3v) is 9.02. The Morgan fingerprint density at radius 1 is 0.811 bits per heavy atom. The predicted octanol–water partition coefficient (Wildman–Crippen LogP) is 9.19. The van der Waals surface area contributed by atoms with Gasteiger partial charge < -0.3 is 4.42 Å². The molecule has 0 fully saturated rings. The Kier molecular flexibility index (Phi) is 5.04. The van der Waals surface area contributed by atoms with Gasteiger partial charge in [0.15, 0.2) is 6.20 Å². The van der Waals surface area contributed by atoms with Gasteiger partial charge in [0.25, 0.3) is 0 Å². The van der Waals surface area contributed by atoms with Crippen molar-refractivity contribution in [1.82, 2.24) is 0 Å². The Bertz CT molecular complexity index is 1720. The van der Waals surface area contributed by atoms with Crippen molar-refractivity contribution in [3.05, 3.63) is 77.0 Å². The molecular formula is C35H40NO+. The maximum atomic E-state index is 6.78. The molecule has 0 bridgehead atoms. The second kappa shape index (κ2) is 7.69. The Hall–Kier alpha value is -3.13. The van der Waals surface area contributed by atoms with Crippen LogP contribution in [0.15, 0.2) is 59.1 Å². The van der Waals surface area contributed by atoms with Crippen LogP contribution in [0.1, 0.15) is 83.6 Å². The monoisotopic (exact) mass is 490 g/mol. The van der Waals surface area contributed by atoms with Gasteiger partial charge in [-0.05, 0) is 81.7 Å². The SMILES string of the molecule is Cc1ccc2c(oc3cc4c5c(ccc4cc32)C(C)(C)CCC5(C)C)c1-c1ccc(C(C)(C)C)c[n+]1C. The number of aryl methyl sites for hydroxylation is 2. The van der Waals surface area contributed by atoms with Crippen LogP contribution in [0.3, 0.4) is 0 Å². The molecule has 1 aliphatic rings. The number of rotatable bonds is 1. The fraction of sp³-hybridized carbons (Fsp3) is 0.400. The zero-order valence-electron chi connectivity index (χ0n) is 24.0. The van der Waals surface area contributed by atoms with E-state index in [0.29, 0.717) is 0 Å². The maximum absolute atomic E-state index is 6.78. The lowest BCUT2D eigenvalue weighted by molar-refractivity contribution is -0.661. The molecule has 190 valence electrons. The number of nitrogens with zero attached hydrogens (tertiary/aromatic N) is 1. The summed E-state index contributed by atoms with van der Waals surface area (Å²) in [6.07, 6.45) is 4.69. The van der Waals surface area contributed by atoms with Crippen LogP contribution in [0.4, 0.5) is 0 Å². The molecule has 0 saturated carbocycles. The summed E-state index contributed by atoms with van der Waals surface area (Å²) in [5, 5.41) is 5.04. The second-order valence-electron chi connectivity index (χ2n) is 13.7. The van der Waals surface area contributed by atoms with Gasteiger partial charge in [-0.15, -0.1) is 0 Å². The van der Waals surface area contributed by atoms with Crippen molar-refractivity contribution >= 4 is 32.7 Å². The van der Waals surface area contributed by atoms with Crippen molar-refractivity contribution in [2.24, 2.45) is 7.05 Å². The molecule has 0 spiro atoms. The second-order valence-corrected chi connectivity index (χ2v) is 13.7. The number of hydrogen-bond donors (Lipinski definition) is 0. The molecule has 0 radical (unpaired) electrons. The highest BCUT2D eigenvalue weighted by atomic mass is 16.3. The molecule has 0 atom stereocenters. The lowest BCUT2D eigenvalue weighted by atomic mass is 9.62. The maximum Gasteiger partial charge on any atom is 0.216 e. The van der Waals surface area contributed by atoms with E-state index in [1.807, 2.05) is 0 Å². The quantitative estimate of drug-likeness (QED) is 0.214. The molecular weight excluding hydrogens is 450 g/mol. The zero-order valence-corrected chi connectivity index (χ0v) is 24.0. The fourth-order valence-corrected chi connectivity index (χ4v) is 6.56. The third-order valence-electron chi connectivity index (χ3n) is 9.02. The molecule has 0 amide bonds. The van der Waals surface area contributed by atoms with Crippen LogP contribution >= 0.6 is 0 Å². The summed E-state index contributed by atoms with van der Waals surface area (Å²) in [6, 6.07) is 18.4. The lowest BCUT2D eigenvalue weighted by Gasteiger charge is -2.42. The van der Waals surface area contributed by atoms with Crippen molar-refractivity contribution in [3.63, 3.8) is 0 Å². The Balaban J connectivity index is 1.64. The first-order valence-electron chi connectivity index (χ1n) is 13.7. The average Bonchev–Trinajstić information content (AvgIpc) is 3.17. The van der Waals surface area contributed by atoms with Crippen LogP contribution in [0, 0.1) is 6.92 Å². The summed E-state index contributed by atoms with van der Waals surface area (Å²) >= 11 is 0. The first kappa shape index (κ1) is 24.2. The smallest absolute Gasteiger partial charge is 0.216 e. The Labute approximate surface area is 221 Å². The van der Waals surface area contributed by atoms with Gasteiger partial charge in [-0.25, -0.2) is 4.57 Å². The summed E-state index contributed by atoms with van der Waals surface area (Å²) < 4.78 is 9.03. The number of pyridine rings is 1. The summed E-state index contributed by atoms with van der Waals surface area (Å²) in [6.45, 7) is 18.6. The molecule has 0 unspecified atom stereocenters. The number of aromatic nitrogens is 1. The fourth-order valence-electron chi connectivity index (χ4n) is 6.56. The van der Waals surface area contributed by atoms with Gasteiger partial charge in [0.1, 0.15) is 18.2 Å². The van der Waals surface area contributed by atoms with Gasteiger partial charge in [-0.1, -0.05) is 72.7 Å². The summed E-state index contributed by atoms with van der Waals surface area (Å²) in [4.78, 5) is 0. The minimum absolute atomic E-state index is 0.109. The van der Waals surface area contributed by atoms with E-state index in [1.54, 1.807) is 0 Å². The summed E-state index contributed by atoms with van der Waals surface area (Å²) in [5.41, 5.74) is 10.3. The number of benzene rings is 3. The third kappa shape index (κ3) is 3.63. The molecule has 2 heteroatoms. The summed E-state index contributed by atoms with van der Waals surface area (Å²) in [5.74, 6) is 0. The van der Waals surface area contributed by atoms with E-state index >= 15 is 0 Å². The Morgan fingerprint density at radius 2 is 1.54 bits per heavy atom. The van der Waals surface area contributed by atoms with E-state index in [-0.39, 0.29) is 16.2 Å². The highest BCUT2D eigenvalue weighted by Gasteiger charge is 2.38. The molecule has 3 aromatic carbocycles. The van der Waals surface area contributed by atoms with E-state index in [1.165, 1.54) is 67.9 Å². The highest BCUT2D eigenvalue weighted by molar-refractivity contribution is 6.13. The number of furan rings is 1. The van der Waals surface area contributed by atoms with Crippen LogP contribution < -0.4 is 4.57 Å². The van der Waals surface area contributed by atoms with E-state index in [4.69, 9.17) is 4.42 Å². The largest absolute Gasteiger partial charge is 0.455 e. The van der Waals surface area contributed by atoms with E-state index < -0.39 is 0 Å². The molecule has 1 aliphatic carbocycles. The van der Waals surface area contributed by atoms with Crippen molar-refractivity contribution in [3.8, 4) is 11.3 Å². The molecule has 0 aliphatic heterocycles. The van der Waals surface area contributed by atoms with Crippen LogP contribution in [-0.2, 0) is 23.3 Å². The van der Waals surface area contributed by atoms with Gasteiger partial charge in [-0.2, -0.15) is 0 Å². The van der Waals surface area contributed by atoms with Gasteiger partial charge in [0.05, 0.1) is 5.56 Å². The normalized spacial score (nSPS) is 17.0. The standard InChI is InChI=1S/C35H40NO/c1-21-10-13-24-26-18-22-11-14-27-31(35(7,8)17-16-34(27,5)6)25(22)19-29(26)37-32(24)30(21)28-15-12-23(20-36(28)9)33(2,3)4/h10-15,18-20H,16-17H2,1-9H3/q+1. The van der Waals surface area contributed by atoms with E-state index in [2.05, 4.69) is 122 Å². The average molecular weight is 491 g/mol. The topological polar surface area (TPSA) is 17.0 Å². The predicted molar refractivity (Wildman–Crippen MR) is 157 cm³/mol. The minimum atomic E-state index is 0.109. The molecule has 0 N–H and O–H groups in total.